The van der Waals surface area contributed by atoms with E-state index in [2.05, 4.69) is 9.97 Å². The van der Waals surface area contributed by atoms with Crippen LogP contribution in [0.4, 0.5) is 0 Å². The summed E-state index contributed by atoms with van der Waals surface area (Å²) in [5.74, 6) is 1.49. The van der Waals surface area contributed by atoms with Crippen LogP contribution in [0.15, 0.2) is 71.3 Å². The zero-order valence-corrected chi connectivity index (χ0v) is 19.0. The number of hydrogen-bond acceptors (Lipinski definition) is 5. The van der Waals surface area contributed by atoms with Crippen LogP contribution >= 0.6 is 0 Å². The Bertz CT molecular complexity index is 1300. The molecule has 5 rings (SSSR count). The van der Waals surface area contributed by atoms with Gasteiger partial charge in [-0.2, -0.15) is 0 Å². The van der Waals surface area contributed by atoms with E-state index in [0.29, 0.717) is 18.9 Å². The number of pyridine rings is 1. The Morgan fingerprint density at radius 2 is 1.97 bits per heavy atom. The largest absolute Gasteiger partial charge is 0.493 e. The van der Waals surface area contributed by atoms with Crippen molar-refractivity contribution in [3.05, 3.63) is 89.4 Å². The molecule has 0 radical (unpaired) electrons. The van der Waals surface area contributed by atoms with Crippen LogP contribution in [0.25, 0.3) is 22.7 Å². The summed E-state index contributed by atoms with van der Waals surface area (Å²) >= 11 is 0. The number of fused-ring (bicyclic) bond motifs is 1. The number of rotatable bonds is 8. The lowest BCUT2D eigenvalue weighted by atomic mass is 9.98. The number of benzene rings is 2. The van der Waals surface area contributed by atoms with Gasteiger partial charge < -0.3 is 14.3 Å². The van der Waals surface area contributed by atoms with E-state index in [4.69, 9.17) is 14.3 Å². The van der Waals surface area contributed by atoms with Gasteiger partial charge in [0, 0.05) is 18.2 Å². The van der Waals surface area contributed by atoms with Crippen LogP contribution in [-0.4, -0.2) is 27.7 Å². The summed E-state index contributed by atoms with van der Waals surface area (Å²) in [5.41, 5.74) is 6.01. The highest BCUT2D eigenvalue weighted by Crippen LogP contribution is 2.37. The van der Waals surface area contributed by atoms with Crippen LogP contribution in [0.2, 0.25) is 0 Å². The van der Waals surface area contributed by atoms with Crippen LogP contribution in [-0.2, 0) is 17.6 Å². The summed E-state index contributed by atoms with van der Waals surface area (Å²) in [4.78, 5) is 20.3. The molecule has 0 amide bonds. The van der Waals surface area contributed by atoms with E-state index in [-0.39, 0.29) is 12.3 Å². The number of carboxylic acid groups (broad SMARTS) is 1. The number of carbonyl (C=O) groups is 1. The van der Waals surface area contributed by atoms with E-state index in [1.165, 1.54) is 5.56 Å². The first-order chi connectivity index (χ1) is 16.6. The summed E-state index contributed by atoms with van der Waals surface area (Å²) in [6.07, 6.45) is 4.38. The molecule has 6 nitrogen and oxygen atoms in total. The molecule has 0 spiro atoms. The van der Waals surface area contributed by atoms with Crippen molar-refractivity contribution in [2.24, 2.45) is 0 Å². The molecule has 1 aliphatic rings. The average molecular weight is 455 g/mol. The molecular weight excluding hydrogens is 428 g/mol. The lowest BCUT2D eigenvalue weighted by Gasteiger charge is -2.10. The van der Waals surface area contributed by atoms with Gasteiger partial charge in [0.2, 0.25) is 5.89 Å². The Morgan fingerprint density at radius 3 is 2.74 bits per heavy atom. The van der Waals surface area contributed by atoms with E-state index in [0.717, 1.165) is 52.4 Å². The van der Waals surface area contributed by atoms with Gasteiger partial charge in [0.05, 0.1) is 30.0 Å². The molecule has 1 aliphatic carbocycles. The monoisotopic (exact) mass is 454 g/mol. The first-order valence-electron chi connectivity index (χ1n) is 11.5. The molecule has 2 heterocycles. The van der Waals surface area contributed by atoms with Crippen LogP contribution in [0.3, 0.4) is 0 Å². The van der Waals surface area contributed by atoms with Crippen LogP contribution in [0, 0.1) is 6.92 Å². The molecule has 34 heavy (non-hydrogen) atoms. The molecule has 1 atom stereocenters. The van der Waals surface area contributed by atoms with Gasteiger partial charge >= 0.3 is 5.97 Å². The van der Waals surface area contributed by atoms with Crippen LogP contribution in [0.1, 0.15) is 41.3 Å². The SMILES string of the molecule is Cc1oc(-c2ccc(-c3ccccc3)nc2)nc1CCOc1ccc2c(c1)CCC2CC(=O)O. The van der Waals surface area contributed by atoms with Gasteiger partial charge in [0.25, 0.3) is 0 Å². The predicted molar refractivity (Wildman–Crippen MR) is 129 cm³/mol. The Hall–Kier alpha value is -3.93. The number of hydrogen-bond donors (Lipinski definition) is 1. The zero-order chi connectivity index (χ0) is 23.5. The summed E-state index contributed by atoms with van der Waals surface area (Å²) < 4.78 is 11.9. The minimum Gasteiger partial charge on any atom is -0.493 e. The molecule has 2 aromatic heterocycles. The highest BCUT2D eigenvalue weighted by atomic mass is 16.5. The van der Waals surface area contributed by atoms with Gasteiger partial charge in [-0.05, 0) is 61.1 Å². The number of nitrogens with zero attached hydrogens (tertiary/aromatic N) is 2. The second kappa shape index (κ2) is 9.51. The summed E-state index contributed by atoms with van der Waals surface area (Å²) in [6, 6.07) is 20.0. The molecule has 1 unspecified atom stereocenters. The Labute approximate surface area is 198 Å². The van der Waals surface area contributed by atoms with E-state index in [1.54, 1.807) is 6.20 Å². The van der Waals surface area contributed by atoms with Crippen molar-refractivity contribution in [2.75, 3.05) is 6.61 Å². The average Bonchev–Trinajstić information content (AvgIpc) is 3.42. The van der Waals surface area contributed by atoms with Gasteiger partial charge in [0.15, 0.2) is 0 Å². The van der Waals surface area contributed by atoms with Crippen molar-refractivity contribution in [3.8, 4) is 28.5 Å². The smallest absolute Gasteiger partial charge is 0.303 e. The first kappa shape index (κ1) is 21.9. The Morgan fingerprint density at radius 1 is 1.12 bits per heavy atom. The second-order valence-electron chi connectivity index (χ2n) is 8.61. The molecule has 0 saturated carbocycles. The third-order valence-electron chi connectivity index (χ3n) is 6.32. The quantitative estimate of drug-likeness (QED) is 0.360. The van der Waals surface area contributed by atoms with Gasteiger partial charge in [-0.25, -0.2) is 4.98 Å². The molecule has 172 valence electrons. The van der Waals surface area contributed by atoms with Crippen molar-refractivity contribution >= 4 is 5.97 Å². The first-order valence-corrected chi connectivity index (χ1v) is 11.5. The molecular formula is C28H26N2O4. The molecule has 2 aromatic carbocycles. The number of ether oxygens (including phenoxy) is 1. The zero-order valence-electron chi connectivity index (χ0n) is 19.0. The minimum atomic E-state index is -0.747. The van der Waals surface area contributed by atoms with Gasteiger partial charge in [0.1, 0.15) is 11.5 Å². The normalized spacial score (nSPS) is 14.7. The molecule has 6 heteroatoms. The highest BCUT2D eigenvalue weighted by molar-refractivity contribution is 5.68. The number of aliphatic carboxylic acids is 1. The van der Waals surface area contributed by atoms with E-state index < -0.39 is 5.97 Å². The number of aromatic nitrogens is 2. The minimum absolute atomic E-state index is 0.106. The van der Waals surface area contributed by atoms with E-state index in [1.807, 2.05) is 67.6 Å². The summed E-state index contributed by atoms with van der Waals surface area (Å²) in [5, 5.41) is 9.09. The molecule has 0 bridgehead atoms. The fraction of sp³-hybridized carbons (Fsp3) is 0.250. The molecule has 4 aromatic rings. The fourth-order valence-electron chi connectivity index (χ4n) is 4.54. The lowest BCUT2D eigenvalue weighted by Crippen LogP contribution is -2.04. The third-order valence-corrected chi connectivity index (χ3v) is 6.32. The Balaban J connectivity index is 1.21. The van der Waals surface area contributed by atoms with Crippen LogP contribution in [0.5, 0.6) is 5.75 Å². The maximum Gasteiger partial charge on any atom is 0.303 e. The van der Waals surface area contributed by atoms with Crippen molar-refractivity contribution in [1.29, 1.82) is 0 Å². The molecule has 0 saturated heterocycles. The van der Waals surface area contributed by atoms with Crippen molar-refractivity contribution < 1.29 is 19.1 Å². The van der Waals surface area contributed by atoms with Crippen molar-refractivity contribution in [3.63, 3.8) is 0 Å². The Kier molecular flexibility index (Phi) is 6.12. The maximum atomic E-state index is 11.1. The lowest BCUT2D eigenvalue weighted by molar-refractivity contribution is -0.137. The summed E-state index contributed by atoms with van der Waals surface area (Å²) in [7, 11) is 0. The molecule has 0 aliphatic heterocycles. The van der Waals surface area contributed by atoms with E-state index >= 15 is 0 Å². The van der Waals surface area contributed by atoms with Crippen molar-refractivity contribution in [2.45, 2.75) is 38.5 Å². The number of carboxylic acids is 1. The molecule has 0 fully saturated rings. The summed E-state index contributed by atoms with van der Waals surface area (Å²) in [6.45, 7) is 2.39. The predicted octanol–water partition coefficient (Wildman–Crippen LogP) is 5.84. The van der Waals surface area contributed by atoms with Gasteiger partial charge in [-0.15, -0.1) is 0 Å². The molecule has 1 N–H and O–H groups in total. The van der Waals surface area contributed by atoms with Gasteiger partial charge in [-0.3, -0.25) is 9.78 Å². The highest BCUT2D eigenvalue weighted by Gasteiger charge is 2.25. The second-order valence-corrected chi connectivity index (χ2v) is 8.61. The fourth-order valence-corrected chi connectivity index (χ4v) is 4.54. The van der Waals surface area contributed by atoms with Gasteiger partial charge in [-0.1, -0.05) is 36.4 Å². The maximum absolute atomic E-state index is 11.1. The van der Waals surface area contributed by atoms with Crippen molar-refractivity contribution in [1.82, 2.24) is 9.97 Å². The third kappa shape index (κ3) is 4.71. The van der Waals surface area contributed by atoms with E-state index in [9.17, 15) is 4.79 Å². The number of oxazole rings is 1. The van der Waals surface area contributed by atoms with Crippen LogP contribution < -0.4 is 4.74 Å². The number of aryl methyl sites for hydroxylation is 2. The topological polar surface area (TPSA) is 85.5 Å². The standard InChI is InChI=1S/C28H26N2O4/c1-18-25(13-14-33-23-10-11-24-20(15-23)7-8-21(24)16-27(31)32)30-28(34-18)22-9-12-26(29-17-22)19-5-3-2-4-6-19/h2-6,9-12,15,17,21H,7-8,13-14,16H2,1H3,(H,31,32).